The fourth-order valence-electron chi connectivity index (χ4n) is 3.52. The van der Waals surface area contributed by atoms with Crippen LogP contribution in [0.3, 0.4) is 0 Å². The van der Waals surface area contributed by atoms with Gasteiger partial charge in [-0.2, -0.15) is 13.8 Å². The van der Waals surface area contributed by atoms with E-state index in [4.69, 9.17) is 4.74 Å². The number of benzene rings is 1. The maximum Gasteiger partial charge on any atom is 0.387 e. The Labute approximate surface area is 178 Å². The third-order valence-corrected chi connectivity index (χ3v) is 5.12. The molecule has 4 rings (SSSR count). The number of amides is 2. The molecule has 0 atom stereocenters. The number of piperazine rings is 1. The summed E-state index contributed by atoms with van der Waals surface area (Å²) in [6, 6.07) is 7.54. The van der Waals surface area contributed by atoms with Crippen LogP contribution in [0.2, 0.25) is 0 Å². The molecule has 1 aromatic heterocycles. The van der Waals surface area contributed by atoms with Crippen LogP contribution in [0.5, 0.6) is 5.75 Å². The average molecular weight is 434 g/mol. The second-order valence-corrected chi connectivity index (χ2v) is 7.12. The molecule has 2 aliphatic heterocycles. The lowest BCUT2D eigenvalue weighted by Crippen LogP contribution is -2.50. The van der Waals surface area contributed by atoms with E-state index in [0.29, 0.717) is 51.0 Å². The number of carbonyl (C=O) groups excluding carboxylic acids is 1. The van der Waals surface area contributed by atoms with Crippen LogP contribution >= 0.6 is 0 Å². The smallest absolute Gasteiger partial charge is 0.387 e. The molecule has 1 aromatic carbocycles. The van der Waals surface area contributed by atoms with E-state index in [0.717, 1.165) is 18.9 Å². The number of alkyl halides is 2. The zero-order valence-corrected chi connectivity index (χ0v) is 16.9. The van der Waals surface area contributed by atoms with Crippen LogP contribution in [0.1, 0.15) is 0 Å². The largest absolute Gasteiger partial charge is 0.435 e. The normalized spacial score (nSPS) is 17.1. The molecule has 9 nitrogen and oxygen atoms in total. The van der Waals surface area contributed by atoms with Crippen molar-refractivity contribution in [2.75, 3.05) is 67.6 Å². The lowest BCUT2D eigenvalue weighted by atomic mass is 10.3. The number of rotatable bonds is 5. The average Bonchev–Trinajstić information content (AvgIpc) is 2.80. The quantitative estimate of drug-likeness (QED) is 0.773. The molecule has 2 saturated heterocycles. The van der Waals surface area contributed by atoms with Crippen molar-refractivity contribution in [1.29, 1.82) is 0 Å². The maximum atomic E-state index is 12.6. The number of ether oxygens (including phenoxy) is 2. The van der Waals surface area contributed by atoms with E-state index in [2.05, 4.69) is 29.8 Å². The van der Waals surface area contributed by atoms with Crippen molar-refractivity contribution in [2.24, 2.45) is 0 Å². The number of anilines is 3. The zero-order chi connectivity index (χ0) is 21.6. The summed E-state index contributed by atoms with van der Waals surface area (Å²) in [6.45, 7) is 2.22. The van der Waals surface area contributed by atoms with E-state index < -0.39 is 6.61 Å². The molecular weight excluding hydrogens is 410 g/mol. The molecule has 2 fully saturated rings. The molecule has 1 N–H and O–H groups in total. The molecule has 0 radical (unpaired) electrons. The minimum Gasteiger partial charge on any atom is -0.435 e. The summed E-state index contributed by atoms with van der Waals surface area (Å²) in [6.07, 6.45) is 1.75. The first-order valence-corrected chi connectivity index (χ1v) is 10.1. The van der Waals surface area contributed by atoms with Gasteiger partial charge in [0.25, 0.3) is 0 Å². The molecule has 0 bridgehead atoms. The van der Waals surface area contributed by atoms with Crippen LogP contribution in [0, 0.1) is 0 Å². The first kappa shape index (κ1) is 21.0. The number of nitrogens with one attached hydrogen (secondary N) is 1. The maximum absolute atomic E-state index is 12.6. The Kier molecular flexibility index (Phi) is 6.60. The van der Waals surface area contributed by atoms with Crippen LogP contribution in [0.25, 0.3) is 0 Å². The van der Waals surface area contributed by atoms with Crippen LogP contribution in [0.15, 0.2) is 36.5 Å². The molecule has 0 aliphatic carbocycles. The lowest BCUT2D eigenvalue weighted by Gasteiger charge is -2.35. The molecular formula is C20H24F2N6O3. The number of morpholine rings is 1. The summed E-state index contributed by atoms with van der Waals surface area (Å²) in [5.74, 6) is 1.51. The van der Waals surface area contributed by atoms with Gasteiger partial charge in [-0.1, -0.05) is 6.07 Å². The Hall–Kier alpha value is -3.21. The van der Waals surface area contributed by atoms with Gasteiger partial charge in [-0.05, 0) is 18.2 Å². The van der Waals surface area contributed by atoms with E-state index in [9.17, 15) is 13.6 Å². The van der Waals surface area contributed by atoms with Crippen molar-refractivity contribution >= 4 is 23.5 Å². The first-order valence-electron chi connectivity index (χ1n) is 10.1. The predicted molar refractivity (Wildman–Crippen MR) is 111 cm³/mol. The monoisotopic (exact) mass is 434 g/mol. The number of aromatic nitrogens is 2. The summed E-state index contributed by atoms with van der Waals surface area (Å²) in [7, 11) is 0. The summed E-state index contributed by atoms with van der Waals surface area (Å²) < 4.78 is 34.5. The SMILES string of the molecule is O=C(Nc1cccc(OC(F)F)c1)N1CCN(c2ccnc(N3CCOCC3)n2)CC1. The Morgan fingerprint density at radius 1 is 1.06 bits per heavy atom. The molecule has 31 heavy (non-hydrogen) atoms. The van der Waals surface area contributed by atoms with E-state index in [1.165, 1.54) is 12.1 Å². The molecule has 3 heterocycles. The molecule has 0 unspecified atom stereocenters. The second kappa shape index (κ2) is 9.73. The molecule has 2 aromatic rings. The van der Waals surface area contributed by atoms with Crippen molar-refractivity contribution in [3.8, 4) is 5.75 Å². The fourth-order valence-corrected chi connectivity index (χ4v) is 3.52. The molecule has 11 heteroatoms. The highest BCUT2D eigenvalue weighted by Gasteiger charge is 2.23. The van der Waals surface area contributed by atoms with Crippen molar-refractivity contribution in [3.05, 3.63) is 36.5 Å². The molecule has 2 aliphatic rings. The van der Waals surface area contributed by atoms with Crippen LogP contribution in [0.4, 0.5) is 31.0 Å². The molecule has 166 valence electrons. The van der Waals surface area contributed by atoms with E-state index >= 15 is 0 Å². The topological polar surface area (TPSA) is 83.1 Å². The molecule has 2 amide bonds. The van der Waals surface area contributed by atoms with Gasteiger partial charge >= 0.3 is 12.6 Å². The summed E-state index contributed by atoms with van der Waals surface area (Å²) >= 11 is 0. The predicted octanol–water partition coefficient (Wildman–Crippen LogP) is 2.27. The lowest BCUT2D eigenvalue weighted by molar-refractivity contribution is -0.0498. The van der Waals surface area contributed by atoms with Crippen LogP contribution < -0.4 is 19.9 Å². The van der Waals surface area contributed by atoms with Crippen LogP contribution in [-0.4, -0.2) is 80.0 Å². The van der Waals surface area contributed by atoms with Crippen molar-refractivity contribution in [3.63, 3.8) is 0 Å². The highest BCUT2D eigenvalue weighted by molar-refractivity contribution is 5.89. The minimum atomic E-state index is -2.91. The van der Waals surface area contributed by atoms with Gasteiger partial charge < -0.3 is 29.5 Å². The first-order chi connectivity index (χ1) is 15.1. The van der Waals surface area contributed by atoms with E-state index in [1.807, 2.05) is 6.07 Å². The Bertz CT molecular complexity index is 889. The Morgan fingerprint density at radius 3 is 2.58 bits per heavy atom. The molecule has 0 spiro atoms. The number of hydrogen-bond acceptors (Lipinski definition) is 7. The van der Waals surface area contributed by atoms with Gasteiger partial charge in [-0.25, -0.2) is 9.78 Å². The van der Waals surface area contributed by atoms with Gasteiger partial charge in [0.1, 0.15) is 11.6 Å². The van der Waals surface area contributed by atoms with Crippen molar-refractivity contribution in [1.82, 2.24) is 14.9 Å². The van der Waals surface area contributed by atoms with Crippen molar-refractivity contribution < 1.29 is 23.0 Å². The minimum absolute atomic E-state index is 0.00236. The van der Waals surface area contributed by atoms with Gasteiger partial charge in [0, 0.05) is 57.2 Å². The van der Waals surface area contributed by atoms with Gasteiger partial charge in [-0.3, -0.25) is 0 Å². The third-order valence-electron chi connectivity index (χ3n) is 5.12. The second-order valence-electron chi connectivity index (χ2n) is 7.12. The van der Waals surface area contributed by atoms with Gasteiger partial charge in [0.15, 0.2) is 0 Å². The standard InChI is InChI=1S/C20H24F2N6O3/c21-18(22)31-16-3-1-2-15(14-16)24-20(29)28-8-6-26(7-9-28)17-4-5-23-19(25-17)27-10-12-30-13-11-27/h1-5,14,18H,6-13H2,(H,24,29). The molecule has 0 saturated carbocycles. The number of carbonyl (C=O) groups is 1. The zero-order valence-electron chi connectivity index (χ0n) is 16.9. The number of urea groups is 1. The summed E-state index contributed by atoms with van der Waals surface area (Å²) in [5.41, 5.74) is 0.400. The van der Waals surface area contributed by atoms with Gasteiger partial charge in [-0.15, -0.1) is 0 Å². The third kappa shape index (κ3) is 5.48. The highest BCUT2D eigenvalue weighted by Crippen LogP contribution is 2.21. The van der Waals surface area contributed by atoms with Gasteiger partial charge in [0.05, 0.1) is 13.2 Å². The van der Waals surface area contributed by atoms with E-state index in [1.54, 1.807) is 23.2 Å². The van der Waals surface area contributed by atoms with E-state index in [-0.39, 0.29) is 11.8 Å². The Balaban J connectivity index is 1.32. The summed E-state index contributed by atoms with van der Waals surface area (Å²) in [4.78, 5) is 27.5. The fraction of sp³-hybridized carbons (Fsp3) is 0.450. The van der Waals surface area contributed by atoms with Crippen LogP contribution in [-0.2, 0) is 4.74 Å². The Morgan fingerprint density at radius 2 is 1.84 bits per heavy atom. The van der Waals surface area contributed by atoms with Gasteiger partial charge in [0.2, 0.25) is 5.95 Å². The van der Waals surface area contributed by atoms with Crippen molar-refractivity contribution in [2.45, 2.75) is 6.61 Å². The number of nitrogens with zero attached hydrogens (tertiary/aromatic N) is 5. The number of halogens is 2. The summed E-state index contributed by atoms with van der Waals surface area (Å²) in [5, 5.41) is 2.73. The number of hydrogen-bond donors (Lipinski definition) is 1. The highest BCUT2D eigenvalue weighted by atomic mass is 19.3.